The number of hydrogen-bond donors (Lipinski definition) is 1. The van der Waals surface area contributed by atoms with Gasteiger partial charge in [0.1, 0.15) is 11.5 Å². The van der Waals surface area contributed by atoms with Crippen LogP contribution in [0.15, 0.2) is 22.7 Å². The molecule has 0 aliphatic rings. The van der Waals surface area contributed by atoms with E-state index in [9.17, 15) is 4.79 Å². The van der Waals surface area contributed by atoms with Crippen molar-refractivity contribution in [3.05, 3.63) is 29.5 Å². The number of rotatable bonds is 4. The van der Waals surface area contributed by atoms with Crippen LogP contribution in [0.5, 0.6) is 11.5 Å². The number of aromatic nitrogens is 1. The van der Waals surface area contributed by atoms with Gasteiger partial charge < -0.3 is 19.1 Å². The van der Waals surface area contributed by atoms with Crippen molar-refractivity contribution in [1.29, 1.82) is 0 Å². The molecule has 19 heavy (non-hydrogen) atoms. The average molecular weight is 263 g/mol. The number of aromatic carboxylic acids is 1. The summed E-state index contributed by atoms with van der Waals surface area (Å²) in [6.07, 6.45) is 0. The fourth-order valence-electron chi connectivity index (χ4n) is 1.85. The van der Waals surface area contributed by atoms with E-state index in [1.807, 2.05) is 6.92 Å². The molecule has 2 aromatic rings. The van der Waals surface area contributed by atoms with E-state index in [2.05, 4.69) is 5.16 Å². The maximum Gasteiger partial charge on any atom is 0.358 e. The predicted octanol–water partition coefficient (Wildman–Crippen LogP) is 2.37. The first-order chi connectivity index (χ1) is 9.08. The van der Waals surface area contributed by atoms with Gasteiger partial charge in [-0.15, -0.1) is 0 Å². The molecule has 0 amide bonds. The van der Waals surface area contributed by atoms with Crippen LogP contribution in [0.2, 0.25) is 0 Å². The Bertz CT molecular complexity index is 617. The number of carbonyl (C=O) groups is 1. The van der Waals surface area contributed by atoms with E-state index in [0.717, 1.165) is 5.56 Å². The number of benzene rings is 1. The first-order valence-electron chi connectivity index (χ1n) is 5.50. The highest BCUT2D eigenvalue weighted by molar-refractivity contribution is 5.87. The Morgan fingerprint density at radius 3 is 2.58 bits per heavy atom. The number of carboxylic acid groups (broad SMARTS) is 1. The number of ether oxygens (including phenoxy) is 2. The molecule has 0 unspecified atom stereocenters. The highest BCUT2D eigenvalue weighted by Gasteiger charge is 2.18. The van der Waals surface area contributed by atoms with Crippen LogP contribution in [-0.4, -0.2) is 30.5 Å². The van der Waals surface area contributed by atoms with Crippen LogP contribution in [0.4, 0.5) is 0 Å². The third kappa shape index (κ3) is 2.24. The molecular weight excluding hydrogens is 250 g/mol. The normalized spacial score (nSPS) is 10.3. The van der Waals surface area contributed by atoms with Crippen LogP contribution in [0.3, 0.4) is 0 Å². The summed E-state index contributed by atoms with van der Waals surface area (Å²) in [5, 5.41) is 12.3. The molecule has 0 saturated heterocycles. The zero-order valence-corrected chi connectivity index (χ0v) is 10.8. The summed E-state index contributed by atoms with van der Waals surface area (Å²) in [6, 6.07) is 4.85. The Kier molecular flexibility index (Phi) is 3.41. The van der Waals surface area contributed by atoms with Crippen molar-refractivity contribution in [2.24, 2.45) is 0 Å². The summed E-state index contributed by atoms with van der Waals surface area (Å²) in [5.41, 5.74) is 1.28. The average Bonchev–Trinajstić information content (AvgIpc) is 2.87. The summed E-state index contributed by atoms with van der Waals surface area (Å²) >= 11 is 0. The van der Waals surface area contributed by atoms with Gasteiger partial charge >= 0.3 is 5.97 Å². The van der Waals surface area contributed by atoms with Crippen LogP contribution in [-0.2, 0) is 0 Å². The summed E-state index contributed by atoms with van der Waals surface area (Å²) < 4.78 is 15.6. The minimum absolute atomic E-state index is 0.148. The number of hydrogen-bond acceptors (Lipinski definition) is 5. The van der Waals surface area contributed by atoms with Crippen molar-refractivity contribution < 1.29 is 23.9 Å². The maximum atomic E-state index is 10.8. The van der Waals surface area contributed by atoms with Gasteiger partial charge in [-0.3, -0.25) is 0 Å². The Hall–Kier alpha value is -2.50. The second-order valence-electron chi connectivity index (χ2n) is 3.86. The fourth-order valence-corrected chi connectivity index (χ4v) is 1.85. The van der Waals surface area contributed by atoms with Crippen molar-refractivity contribution in [3.63, 3.8) is 0 Å². The third-order valence-electron chi connectivity index (χ3n) is 2.77. The zero-order chi connectivity index (χ0) is 14.0. The van der Waals surface area contributed by atoms with Gasteiger partial charge in [-0.25, -0.2) is 4.79 Å². The quantitative estimate of drug-likeness (QED) is 0.911. The van der Waals surface area contributed by atoms with Crippen LogP contribution < -0.4 is 9.47 Å². The summed E-state index contributed by atoms with van der Waals surface area (Å²) in [6.45, 7) is 1.84. The van der Waals surface area contributed by atoms with E-state index < -0.39 is 5.97 Å². The molecule has 2 rings (SSSR count). The van der Waals surface area contributed by atoms with Crippen LogP contribution >= 0.6 is 0 Å². The van der Waals surface area contributed by atoms with Gasteiger partial charge in [-0.1, -0.05) is 5.16 Å². The molecule has 6 nitrogen and oxygen atoms in total. The Morgan fingerprint density at radius 2 is 2.05 bits per heavy atom. The first-order valence-corrected chi connectivity index (χ1v) is 5.50. The van der Waals surface area contributed by atoms with Crippen LogP contribution in [0.25, 0.3) is 11.3 Å². The van der Waals surface area contributed by atoms with Crippen LogP contribution in [0.1, 0.15) is 16.1 Å². The lowest BCUT2D eigenvalue weighted by atomic mass is 10.1. The van der Waals surface area contributed by atoms with Gasteiger partial charge in [-0.05, 0) is 19.1 Å². The van der Waals surface area contributed by atoms with E-state index in [-0.39, 0.29) is 5.69 Å². The monoisotopic (exact) mass is 263 g/mol. The van der Waals surface area contributed by atoms with E-state index >= 15 is 0 Å². The predicted molar refractivity (Wildman–Crippen MR) is 66.7 cm³/mol. The molecule has 0 spiro atoms. The van der Waals surface area contributed by atoms with E-state index in [0.29, 0.717) is 22.8 Å². The molecule has 0 fully saturated rings. The molecule has 0 aliphatic carbocycles. The molecule has 0 aliphatic heterocycles. The van der Waals surface area contributed by atoms with Gasteiger partial charge in [0.15, 0.2) is 11.5 Å². The Morgan fingerprint density at radius 1 is 1.32 bits per heavy atom. The molecule has 6 heteroatoms. The second kappa shape index (κ2) is 5.01. The minimum Gasteiger partial charge on any atom is -0.496 e. The number of nitrogens with zero attached hydrogens (tertiary/aromatic N) is 1. The van der Waals surface area contributed by atoms with E-state index in [4.69, 9.17) is 19.1 Å². The molecule has 1 heterocycles. The van der Waals surface area contributed by atoms with Gasteiger partial charge in [0.05, 0.1) is 19.8 Å². The zero-order valence-electron chi connectivity index (χ0n) is 10.8. The highest BCUT2D eigenvalue weighted by Crippen LogP contribution is 2.37. The van der Waals surface area contributed by atoms with Crippen molar-refractivity contribution in [1.82, 2.24) is 5.16 Å². The van der Waals surface area contributed by atoms with E-state index in [1.54, 1.807) is 19.2 Å². The van der Waals surface area contributed by atoms with Crippen molar-refractivity contribution in [2.75, 3.05) is 14.2 Å². The first kappa shape index (κ1) is 12.9. The van der Waals surface area contributed by atoms with Gasteiger partial charge in [0.2, 0.25) is 0 Å². The smallest absolute Gasteiger partial charge is 0.358 e. The maximum absolute atomic E-state index is 10.8. The molecule has 0 atom stereocenters. The van der Waals surface area contributed by atoms with Crippen molar-refractivity contribution >= 4 is 5.97 Å². The SMILES string of the molecule is COc1ccc(-c2cc(C(=O)O)no2)c(OC)c1C. The van der Waals surface area contributed by atoms with Crippen LogP contribution in [0, 0.1) is 6.92 Å². The van der Waals surface area contributed by atoms with Crippen molar-refractivity contribution in [3.8, 4) is 22.8 Å². The summed E-state index contributed by atoms with van der Waals surface area (Å²) in [4.78, 5) is 10.8. The number of methoxy groups -OCH3 is 2. The minimum atomic E-state index is -1.14. The highest BCUT2D eigenvalue weighted by atomic mass is 16.5. The van der Waals surface area contributed by atoms with Gasteiger partial charge in [-0.2, -0.15) is 0 Å². The largest absolute Gasteiger partial charge is 0.496 e. The van der Waals surface area contributed by atoms with Crippen molar-refractivity contribution in [2.45, 2.75) is 6.92 Å². The lowest BCUT2D eigenvalue weighted by Gasteiger charge is -2.12. The lowest BCUT2D eigenvalue weighted by molar-refractivity contribution is 0.0686. The molecule has 0 bridgehead atoms. The summed E-state index contributed by atoms with van der Waals surface area (Å²) in [5.74, 6) is 0.435. The molecule has 1 aromatic carbocycles. The van der Waals surface area contributed by atoms with Gasteiger partial charge in [0, 0.05) is 11.6 Å². The topological polar surface area (TPSA) is 81.8 Å². The second-order valence-corrected chi connectivity index (χ2v) is 3.86. The lowest BCUT2D eigenvalue weighted by Crippen LogP contribution is -1.95. The summed E-state index contributed by atoms with van der Waals surface area (Å²) in [7, 11) is 3.10. The molecule has 0 radical (unpaired) electrons. The number of carboxylic acids is 1. The molecule has 100 valence electrons. The van der Waals surface area contributed by atoms with E-state index in [1.165, 1.54) is 13.2 Å². The standard InChI is InChI=1S/C13H13NO5/c1-7-10(17-2)5-4-8(12(7)18-3)11-6-9(13(15)16)14-19-11/h4-6H,1-3H3,(H,15,16). The molecular formula is C13H13NO5. The fraction of sp³-hybridized carbons (Fsp3) is 0.231. The Labute approximate surface area is 109 Å². The molecule has 1 N–H and O–H groups in total. The Balaban J connectivity index is 2.55. The molecule has 0 saturated carbocycles. The molecule has 1 aromatic heterocycles. The van der Waals surface area contributed by atoms with Gasteiger partial charge in [0.25, 0.3) is 0 Å². The third-order valence-corrected chi connectivity index (χ3v) is 2.77.